The van der Waals surface area contributed by atoms with Crippen molar-refractivity contribution in [2.45, 2.75) is 12.3 Å². The molecule has 0 heterocycles. The molecule has 1 unspecified atom stereocenters. The van der Waals surface area contributed by atoms with Crippen molar-refractivity contribution in [2.75, 3.05) is 5.88 Å². The maximum Gasteiger partial charge on any atom is 0.0439 e. The summed E-state index contributed by atoms with van der Waals surface area (Å²) in [6, 6.07) is 13.2. The van der Waals surface area contributed by atoms with Gasteiger partial charge in [-0.3, -0.25) is 0 Å². The van der Waals surface area contributed by atoms with E-state index in [1.54, 1.807) is 6.07 Å². The maximum atomic E-state index is 6.19. The van der Waals surface area contributed by atoms with Crippen LogP contribution < -0.4 is 0 Å². The van der Waals surface area contributed by atoms with Crippen molar-refractivity contribution in [1.82, 2.24) is 0 Å². The number of hydrogen-bond acceptors (Lipinski definition) is 0. The van der Waals surface area contributed by atoms with E-state index in [-0.39, 0.29) is 5.92 Å². The lowest BCUT2D eigenvalue weighted by molar-refractivity contribution is 0.766. The van der Waals surface area contributed by atoms with E-state index in [0.717, 1.165) is 17.5 Å². The van der Waals surface area contributed by atoms with Crippen LogP contribution in [0.2, 0.25) is 15.1 Å². The molecular formula is C15H12Cl4. The van der Waals surface area contributed by atoms with Crippen LogP contribution >= 0.6 is 46.4 Å². The highest BCUT2D eigenvalue weighted by Crippen LogP contribution is 2.29. The second-order valence-electron chi connectivity index (χ2n) is 4.35. The summed E-state index contributed by atoms with van der Waals surface area (Å²) in [7, 11) is 0. The molecular weight excluding hydrogens is 322 g/mol. The Hall–Kier alpha value is -0.400. The molecule has 19 heavy (non-hydrogen) atoms. The predicted molar refractivity (Wildman–Crippen MR) is 85.1 cm³/mol. The predicted octanol–water partition coefficient (Wildman–Crippen LogP) is 6.21. The summed E-state index contributed by atoms with van der Waals surface area (Å²) in [5, 5.41) is 2.10. The largest absolute Gasteiger partial charge is 0.126 e. The Kier molecular flexibility index (Phi) is 5.41. The van der Waals surface area contributed by atoms with Crippen LogP contribution in [0.3, 0.4) is 0 Å². The van der Waals surface area contributed by atoms with Gasteiger partial charge in [-0.15, -0.1) is 11.6 Å². The van der Waals surface area contributed by atoms with Crippen LogP contribution in [0.1, 0.15) is 17.0 Å². The van der Waals surface area contributed by atoms with Gasteiger partial charge in [-0.1, -0.05) is 46.9 Å². The molecule has 1 atom stereocenters. The van der Waals surface area contributed by atoms with E-state index in [1.807, 2.05) is 36.4 Å². The molecule has 0 aromatic heterocycles. The second-order valence-corrected chi connectivity index (χ2v) is 5.93. The van der Waals surface area contributed by atoms with Crippen LogP contribution in [0.5, 0.6) is 0 Å². The zero-order valence-corrected chi connectivity index (χ0v) is 13.1. The highest BCUT2D eigenvalue weighted by molar-refractivity contribution is 6.33. The fourth-order valence-electron chi connectivity index (χ4n) is 1.99. The number of hydrogen-bond donors (Lipinski definition) is 0. The molecule has 100 valence electrons. The normalized spacial score (nSPS) is 12.4. The standard InChI is InChI=1S/C15H12Cl4/c16-9-12(10-2-1-3-13(17)7-10)6-11-8-14(18)4-5-15(11)19/h1-5,7-8,12H,6,9H2. The van der Waals surface area contributed by atoms with Crippen molar-refractivity contribution in [3.05, 3.63) is 68.7 Å². The molecule has 0 radical (unpaired) electrons. The Balaban J connectivity index is 2.26. The third kappa shape index (κ3) is 4.03. The molecule has 0 bridgehead atoms. The van der Waals surface area contributed by atoms with Gasteiger partial charge in [0.25, 0.3) is 0 Å². The summed E-state index contributed by atoms with van der Waals surface area (Å²) in [4.78, 5) is 0. The van der Waals surface area contributed by atoms with Crippen molar-refractivity contribution in [3.8, 4) is 0 Å². The fraction of sp³-hybridized carbons (Fsp3) is 0.200. The van der Waals surface area contributed by atoms with Crippen LogP contribution in [-0.4, -0.2) is 5.88 Å². The van der Waals surface area contributed by atoms with Gasteiger partial charge in [0.1, 0.15) is 0 Å². The minimum absolute atomic E-state index is 0.163. The Labute approximate surface area is 133 Å². The molecule has 0 N–H and O–H groups in total. The van der Waals surface area contributed by atoms with Gasteiger partial charge < -0.3 is 0 Å². The van der Waals surface area contributed by atoms with Gasteiger partial charge in [-0.25, -0.2) is 0 Å². The number of halogens is 4. The first-order chi connectivity index (χ1) is 9.10. The van der Waals surface area contributed by atoms with Gasteiger partial charge in [0.2, 0.25) is 0 Å². The smallest absolute Gasteiger partial charge is 0.0439 e. The first-order valence-corrected chi connectivity index (χ1v) is 7.52. The maximum absolute atomic E-state index is 6.19. The molecule has 0 aliphatic rings. The minimum Gasteiger partial charge on any atom is -0.126 e. The summed E-state index contributed by atoms with van der Waals surface area (Å²) < 4.78 is 0. The highest BCUT2D eigenvalue weighted by Gasteiger charge is 2.14. The lowest BCUT2D eigenvalue weighted by Crippen LogP contribution is -2.05. The van der Waals surface area contributed by atoms with E-state index in [4.69, 9.17) is 46.4 Å². The van der Waals surface area contributed by atoms with Gasteiger partial charge >= 0.3 is 0 Å². The summed E-state index contributed by atoms with van der Waals surface area (Å²) in [6.07, 6.45) is 0.739. The zero-order chi connectivity index (χ0) is 13.8. The number of alkyl halides is 1. The van der Waals surface area contributed by atoms with Crippen LogP contribution in [-0.2, 0) is 6.42 Å². The van der Waals surface area contributed by atoms with Crippen molar-refractivity contribution >= 4 is 46.4 Å². The second kappa shape index (κ2) is 6.85. The molecule has 0 nitrogen and oxygen atoms in total. The lowest BCUT2D eigenvalue weighted by atomic mass is 9.93. The average Bonchev–Trinajstić information content (AvgIpc) is 2.39. The molecule has 0 aliphatic heterocycles. The Bertz CT molecular complexity index is 566. The number of rotatable bonds is 4. The van der Waals surface area contributed by atoms with Crippen molar-refractivity contribution in [1.29, 1.82) is 0 Å². The zero-order valence-electron chi connectivity index (χ0n) is 10.0. The van der Waals surface area contributed by atoms with E-state index >= 15 is 0 Å². The Morgan fingerprint density at radius 1 is 0.895 bits per heavy atom. The fourth-order valence-corrected chi connectivity index (χ4v) is 2.86. The number of benzene rings is 2. The molecule has 0 amide bonds. The van der Waals surface area contributed by atoms with Gasteiger partial charge in [0.15, 0.2) is 0 Å². The van der Waals surface area contributed by atoms with Crippen molar-refractivity contribution in [3.63, 3.8) is 0 Å². The summed E-state index contributed by atoms with van der Waals surface area (Å²) in [5.41, 5.74) is 2.11. The van der Waals surface area contributed by atoms with Crippen LogP contribution in [0.4, 0.5) is 0 Å². The topological polar surface area (TPSA) is 0 Å². The van der Waals surface area contributed by atoms with Gasteiger partial charge in [-0.05, 0) is 47.9 Å². The summed E-state index contributed by atoms with van der Waals surface area (Å²) >= 11 is 24.3. The molecule has 0 saturated carbocycles. The highest BCUT2D eigenvalue weighted by atomic mass is 35.5. The quantitative estimate of drug-likeness (QED) is 0.583. The third-order valence-electron chi connectivity index (χ3n) is 2.98. The third-order valence-corrected chi connectivity index (χ3v) is 4.19. The average molecular weight is 334 g/mol. The molecule has 2 aromatic rings. The Morgan fingerprint density at radius 3 is 2.32 bits per heavy atom. The molecule has 0 fully saturated rings. The molecule has 2 rings (SSSR count). The molecule has 2 aromatic carbocycles. The first-order valence-electron chi connectivity index (χ1n) is 5.85. The monoisotopic (exact) mass is 332 g/mol. The van der Waals surface area contributed by atoms with Crippen LogP contribution in [0, 0.1) is 0 Å². The first kappa shape index (κ1) is 15.0. The van der Waals surface area contributed by atoms with Crippen molar-refractivity contribution < 1.29 is 0 Å². The van der Waals surface area contributed by atoms with E-state index in [1.165, 1.54) is 0 Å². The lowest BCUT2D eigenvalue weighted by Gasteiger charge is -2.16. The van der Waals surface area contributed by atoms with Crippen molar-refractivity contribution in [2.24, 2.45) is 0 Å². The van der Waals surface area contributed by atoms with Gasteiger partial charge in [0, 0.05) is 26.9 Å². The summed E-state index contributed by atoms with van der Waals surface area (Å²) in [6.45, 7) is 0. The molecule has 0 saturated heterocycles. The van der Waals surface area contributed by atoms with Gasteiger partial charge in [0.05, 0.1) is 0 Å². The van der Waals surface area contributed by atoms with E-state index < -0.39 is 0 Å². The molecule has 4 heteroatoms. The molecule has 0 aliphatic carbocycles. The van der Waals surface area contributed by atoms with E-state index in [0.29, 0.717) is 20.9 Å². The SMILES string of the molecule is ClCC(Cc1cc(Cl)ccc1Cl)c1cccc(Cl)c1. The Morgan fingerprint density at radius 2 is 1.63 bits per heavy atom. The molecule has 0 spiro atoms. The van der Waals surface area contributed by atoms with E-state index in [9.17, 15) is 0 Å². The minimum atomic E-state index is 0.163. The van der Waals surface area contributed by atoms with E-state index in [2.05, 4.69) is 0 Å². The summed E-state index contributed by atoms with van der Waals surface area (Å²) in [5.74, 6) is 0.666. The van der Waals surface area contributed by atoms with Gasteiger partial charge in [-0.2, -0.15) is 0 Å². The van der Waals surface area contributed by atoms with Crippen LogP contribution in [0.25, 0.3) is 0 Å². The van der Waals surface area contributed by atoms with Crippen LogP contribution in [0.15, 0.2) is 42.5 Å².